The van der Waals surface area contributed by atoms with Crippen molar-refractivity contribution in [2.75, 3.05) is 13.8 Å². The van der Waals surface area contributed by atoms with Gasteiger partial charge in [0, 0.05) is 12.6 Å². The lowest BCUT2D eigenvalue weighted by atomic mass is 10.1. The number of aromatic nitrogens is 5. The van der Waals surface area contributed by atoms with Crippen molar-refractivity contribution < 1.29 is 40.3 Å². The minimum atomic E-state index is -6.11. The first-order valence-corrected chi connectivity index (χ1v) is 10.2. The molecule has 1 atom stereocenters. The molecule has 0 aliphatic rings. The molecule has 0 radical (unpaired) electrons. The Morgan fingerprint density at radius 3 is 2.37 bits per heavy atom. The molecule has 3 rings (SSSR count). The van der Waals surface area contributed by atoms with E-state index in [0.29, 0.717) is 9.36 Å². The molecule has 0 saturated heterocycles. The zero-order valence-corrected chi connectivity index (χ0v) is 19.4. The highest BCUT2D eigenvalue weighted by molar-refractivity contribution is 6.33. The second-order valence-corrected chi connectivity index (χ2v) is 7.05. The van der Waals surface area contributed by atoms with Crippen molar-refractivity contribution in [3.8, 4) is 17.1 Å². The van der Waals surface area contributed by atoms with Gasteiger partial charge in [-0.05, 0) is 12.1 Å². The van der Waals surface area contributed by atoms with Crippen molar-refractivity contribution in [3.05, 3.63) is 46.2 Å². The van der Waals surface area contributed by atoms with Crippen LogP contribution in [0.25, 0.3) is 17.1 Å². The van der Waals surface area contributed by atoms with Gasteiger partial charge in [0.2, 0.25) is 0 Å². The molecule has 0 spiro atoms. The molecule has 1 unspecified atom stereocenters. The van der Waals surface area contributed by atoms with E-state index in [0.717, 1.165) is 20.4 Å². The lowest BCUT2D eigenvalue weighted by Crippen LogP contribution is -2.35. The van der Waals surface area contributed by atoms with Gasteiger partial charge in [0.1, 0.15) is 18.1 Å². The monoisotopic (exact) mass is 529 g/mol. The number of ether oxygens (including phenoxy) is 1. The smallest absolute Gasteiger partial charge is 0.459 e. The van der Waals surface area contributed by atoms with Crippen LogP contribution in [0.4, 0.5) is 30.7 Å². The van der Waals surface area contributed by atoms with Gasteiger partial charge in [-0.25, -0.2) is 18.3 Å². The Balaban J connectivity index is 0.00000210. The van der Waals surface area contributed by atoms with Gasteiger partial charge in [-0.3, -0.25) is 4.68 Å². The van der Waals surface area contributed by atoms with Gasteiger partial charge < -0.3 is 4.74 Å². The number of nitrogens with zero attached hydrogens (tertiary/aromatic N) is 5. The van der Waals surface area contributed by atoms with E-state index >= 15 is 0 Å². The predicted octanol–water partition coefficient (Wildman–Crippen LogP) is 5.77. The average molecular weight is 530 g/mol. The van der Waals surface area contributed by atoms with Crippen LogP contribution in [0.3, 0.4) is 0 Å². The third-order valence-electron chi connectivity index (χ3n) is 4.53. The number of hydrogen-bond acceptors (Lipinski definition) is 5. The number of halogens is 8. The van der Waals surface area contributed by atoms with E-state index in [9.17, 15) is 35.5 Å². The van der Waals surface area contributed by atoms with Crippen molar-refractivity contribution in [1.29, 1.82) is 0 Å². The lowest BCUT2D eigenvalue weighted by molar-refractivity contribution is -0.291. The fourth-order valence-corrected chi connectivity index (χ4v) is 3.18. The van der Waals surface area contributed by atoms with Crippen molar-refractivity contribution in [3.63, 3.8) is 0 Å². The van der Waals surface area contributed by atoms with Gasteiger partial charge in [-0.2, -0.15) is 27.1 Å². The topological polar surface area (TPSA) is 74.8 Å². The summed E-state index contributed by atoms with van der Waals surface area (Å²) in [4.78, 5) is 11.8. The second kappa shape index (κ2) is 10.6. The zero-order chi connectivity index (χ0) is 26.7. The molecule has 3 aromatic rings. The predicted molar refractivity (Wildman–Crippen MR) is 111 cm³/mol. The summed E-state index contributed by atoms with van der Waals surface area (Å²) in [6.45, 7) is 2.11. The quantitative estimate of drug-likeness (QED) is 0.299. The molecule has 0 saturated carbocycles. The number of carbonyl (C=O) groups is 1. The molecule has 0 fully saturated rings. The highest BCUT2D eigenvalue weighted by Crippen LogP contribution is 2.47. The van der Waals surface area contributed by atoms with Crippen molar-refractivity contribution in [2.24, 2.45) is 7.05 Å². The van der Waals surface area contributed by atoms with Gasteiger partial charge in [0.05, 0.1) is 29.5 Å². The minimum absolute atomic E-state index is 0.00348. The fraction of sp³-hybridized carbons (Fsp3) is 0.400. The molecule has 0 aliphatic carbocycles. The van der Waals surface area contributed by atoms with Crippen LogP contribution in [0.1, 0.15) is 41.6 Å². The van der Waals surface area contributed by atoms with Gasteiger partial charge in [0.15, 0.2) is 12.0 Å². The van der Waals surface area contributed by atoms with Gasteiger partial charge in [-0.1, -0.05) is 36.7 Å². The van der Waals surface area contributed by atoms with Crippen LogP contribution < -0.4 is 0 Å². The third-order valence-corrected chi connectivity index (χ3v) is 4.86. The maximum Gasteiger partial charge on any atom is 0.459 e. The number of esters is 1. The van der Waals surface area contributed by atoms with E-state index in [1.54, 1.807) is 0 Å². The molecule has 15 heteroatoms. The molecule has 2 heterocycles. The summed E-state index contributed by atoms with van der Waals surface area (Å²) in [6.07, 6.45) is -7.92. The summed E-state index contributed by atoms with van der Waals surface area (Å²) in [7, 11) is 2.08. The summed E-state index contributed by atoms with van der Waals surface area (Å²) in [5.74, 6) is -7.03. The molecule has 35 heavy (non-hydrogen) atoms. The molecule has 0 N–H and O–H groups in total. The highest BCUT2D eigenvalue weighted by Gasteiger charge is 2.62. The maximum atomic E-state index is 14.3. The Morgan fingerprint density at radius 1 is 1.20 bits per heavy atom. The summed E-state index contributed by atoms with van der Waals surface area (Å²) >= 11 is 5.94. The minimum Gasteiger partial charge on any atom is -0.465 e. The summed E-state index contributed by atoms with van der Waals surface area (Å²) < 4.78 is 99.8. The van der Waals surface area contributed by atoms with E-state index in [2.05, 4.69) is 20.1 Å². The zero-order valence-electron chi connectivity index (χ0n) is 18.7. The number of benzene rings is 1. The number of aryl methyl sites for hydroxylation is 1. The molecule has 0 aliphatic heterocycles. The molecular formula is C20H19ClF7N5O2. The Kier molecular flexibility index (Phi) is 8.52. The van der Waals surface area contributed by atoms with Crippen molar-refractivity contribution in [2.45, 2.75) is 32.1 Å². The first kappa shape index (κ1) is 28.1. The largest absolute Gasteiger partial charge is 0.465 e. The standard InChI is InChI=1S/C18H13ClF7N5O2.C2H6/c1-30-15(13(11(21)6-20)14(28-30)17(22,23)18(24,25)26)31-7-12(27-29-31)8-3-4-10(19)9(5-8)16(32)33-2;1-2/h3-5,7,11H,6H2,1-2H3;1-2H3. The summed E-state index contributed by atoms with van der Waals surface area (Å²) in [5, 5.41) is 10.5. The molecular weight excluding hydrogens is 511 g/mol. The van der Waals surface area contributed by atoms with E-state index in [4.69, 9.17) is 11.6 Å². The van der Waals surface area contributed by atoms with Crippen LogP contribution in [-0.4, -0.2) is 50.7 Å². The van der Waals surface area contributed by atoms with E-state index in [-0.39, 0.29) is 21.8 Å². The SMILES string of the molecule is CC.COC(=O)c1cc(-c2cn(-c3c(C(F)CF)c(C(F)(F)C(F)(F)F)nn3C)nn2)ccc1Cl. The van der Waals surface area contributed by atoms with Crippen LogP contribution in [-0.2, 0) is 17.7 Å². The Bertz CT molecular complexity index is 1190. The first-order chi connectivity index (χ1) is 16.3. The molecule has 0 amide bonds. The van der Waals surface area contributed by atoms with Crippen LogP contribution >= 0.6 is 11.6 Å². The van der Waals surface area contributed by atoms with Crippen molar-refractivity contribution in [1.82, 2.24) is 24.8 Å². The van der Waals surface area contributed by atoms with Crippen molar-refractivity contribution >= 4 is 17.6 Å². The van der Waals surface area contributed by atoms with E-state index in [1.165, 1.54) is 18.2 Å². The van der Waals surface area contributed by atoms with Crippen LogP contribution in [0.2, 0.25) is 5.02 Å². The molecule has 7 nitrogen and oxygen atoms in total. The van der Waals surface area contributed by atoms with Crippen LogP contribution in [0, 0.1) is 0 Å². The Morgan fingerprint density at radius 2 is 1.83 bits per heavy atom. The second-order valence-electron chi connectivity index (χ2n) is 6.64. The van der Waals surface area contributed by atoms with Gasteiger partial charge >= 0.3 is 18.1 Å². The van der Waals surface area contributed by atoms with Crippen LogP contribution in [0.15, 0.2) is 24.4 Å². The number of carbonyl (C=O) groups excluding carboxylic acids is 1. The third kappa shape index (κ3) is 5.26. The normalized spacial score (nSPS) is 12.7. The number of hydrogen-bond donors (Lipinski definition) is 0. The lowest BCUT2D eigenvalue weighted by Gasteiger charge is -2.19. The highest BCUT2D eigenvalue weighted by atomic mass is 35.5. The van der Waals surface area contributed by atoms with E-state index < -0.39 is 48.0 Å². The van der Waals surface area contributed by atoms with Gasteiger partial charge in [-0.15, -0.1) is 5.10 Å². The fourth-order valence-electron chi connectivity index (χ4n) is 2.99. The van der Waals surface area contributed by atoms with E-state index in [1.807, 2.05) is 13.8 Å². The number of methoxy groups -OCH3 is 1. The summed E-state index contributed by atoms with van der Waals surface area (Å²) in [6, 6.07) is 4.02. The van der Waals surface area contributed by atoms with Gasteiger partial charge in [0.25, 0.3) is 0 Å². The number of alkyl halides is 7. The van der Waals surface area contributed by atoms with Crippen LogP contribution in [0.5, 0.6) is 0 Å². The first-order valence-electron chi connectivity index (χ1n) is 9.86. The Hall–Kier alpha value is -3.16. The molecule has 1 aromatic carbocycles. The maximum absolute atomic E-state index is 14.3. The number of rotatable bonds is 6. The molecule has 0 bridgehead atoms. The average Bonchev–Trinajstić information content (AvgIpc) is 3.43. The Labute approximate surface area is 199 Å². The molecule has 2 aromatic heterocycles. The summed E-state index contributed by atoms with van der Waals surface area (Å²) in [5.41, 5.74) is -3.12. The molecule has 192 valence electrons.